The fourth-order valence-corrected chi connectivity index (χ4v) is 1.48. The molecule has 1 aromatic carbocycles. The van der Waals surface area contributed by atoms with Gasteiger partial charge in [0.25, 0.3) is 0 Å². The van der Waals surface area contributed by atoms with Crippen LogP contribution < -0.4 is 11.1 Å². The molecule has 0 atom stereocenters. The Labute approximate surface area is 96.3 Å². The van der Waals surface area contributed by atoms with Crippen LogP contribution in [0.1, 0.15) is 18.1 Å². The van der Waals surface area contributed by atoms with E-state index in [2.05, 4.69) is 35.2 Å². The van der Waals surface area contributed by atoms with E-state index in [9.17, 15) is 0 Å². The van der Waals surface area contributed by atoms with E-state index in [-0.39, 0.29) is 0 Å². The summed E-state index contributed by atoms with van der Waals surface area (Å²) in [6.07, 6.45) is 0. The van der Waals surface area contributed by atoms with Crippen LogP contribution in [-0.4, -0.2) is 18.8 Å². The molecule has 0 spiro atoms. The van der Waals surface area contributed by atoms with E-state index in [0.29, 0.717) is 11.8 Å². The standard InChI is InChI=1S/C12H18N4/c1-8-5-9(2)7-11(6-8)16-12(14-4)15-10(3)13/h5-7H,1-4H3,(H3,13,14,15,16). The lowest BCUT2D eigenvalue weighted by Crippen LogP contribution is -2.15. The number of nitrogens with one attached hydrogen (secondary N) is 1. The number of rotatable bonds is 1. The van der Waals surface area contributed by atoms with E-state index in [4.69, 9.17) is 5.73 Å². The van der Waals surface area contributed by atoms with Crippen molar-refractivity contribution in [3.63, 3.8) is 0 Å². The van der Waals surface area contributed by atoms with Gasteiger partial charge in [-0.15, -0.1) is 0 Å². The van der Waals surface area contributed by atoms with Crippen LogP contribution in [0.2, 0.25) is 0 Å². The molecule has 0 radical (unpaired) electrons. The molecule has 0 amide bonds. The monoisotopic (exact) mass is 218 g/mol. The van der Waals surface area contributed by atoms with Gasteiger partial charge in [0, 0.05) is 12.7 Å². The minimum atomic E-state index is 0.484. The molecule has 0 bridgehead atoms. The third kappa shape index (κ3) is 3.73. The number of hydrogen-bond acceptors (Lipinski definition) is 1. The molecule has 0 aliphatic heterocycles. The predicted molar refractivity (Wildman–Crippen MR) is 70.2 cm³/mol. The average Bonchev–Trinajstić information content (AvgIpc) is 2.14. The van der Waals surface area contributed by atoms with Gasteiger partial charge in [0.15, 0.2) is 0 Å². The van der Waals surface area contributed by atoms with Crippen molar-refractivity contribution in [2.75, 3.05) is 12.4 Å². The highest BCUT2D eigenvalue weighted by molar-refractivity contribution is 6.01. The highest BCUT2D eigenvalue weighted by Gasteiger charge is 1.99. The molecule has 1 aromatic rings. The van der Waals surface area contributed by atoms with E-state index >= 15 is 0 Å². The van der Waals surface area contributed by atoms with Crippen molar-refractivity contribution in [3.05, 3.63) is 29.3 Å². The molecule has 0 unspecified atom stereocenters. The van der Waals surface area contributed by atoms with Gasteiger partial charge >= 0.3 is 0 Å². The summed E-state index contributed by atoms with van der Waals surface area (Å²) >= 11 is 0. The lowest BCUT2D eigenvalue weighted by Gasteiger charge is -2.07. The first-order chi connectivity index (χ1) is 7.51. The van der Waals surface area contributed by atoms with E-state index < -0.39 is 0 Å². The molecule has 3 N–H and O–H groups in total. The maximum atomic E-state index is 5.51. The van der Waals surface area contributed by atoms with Crippen LogP contribution in [-0.2, 0) is 0 Å². The smallest absolute Gasteiger partial charge is 0.223 e. The molecule has 0 fully saturated rings. The van der Waals surface area contributed by atoms with E-state index in [1.54, 1.807) is 14.0 Å². The third-order valence-corrected chi connectivity index (χ3v) is 1.97. The van der Waals surface area contributed by atoms with Crippen molar-refractivity contribution in [2.24, 2.45) is 15.7 Å². The number of anilines is 1. The normalized spacial score (nSPS) is 12.8. The summed E-state index contributed by atoms with van der Waals surface area (Å²) in [6, 6.07) is 6.20. The van der Waals surface area contributed by atoms with Crippen LogP contribution in [0, 0.1) is 13.8 Å². The summed E-state index contributed by atoms with van der Waals surface area (Å²) in [7, 11) is 1.68. The quantitative estimate of drug-likeness (QED) is 0.560. The van der Waals surface area contributed by atoms with Crippen LogP contribution in [0.25, 0.3) is 0 Å². The number of hydrogen-bond donors (Lipinski definition) is 2. The topological polar surface area (TPSA) is 62.8 Å². The van der Waals surface area contributed by atoms with Gasteiger partial charge in [-0.2, -0.15) is 0 Å². The number of amidine groups is 1. The van der Waals surface area contributed by atoms with E-state index in [0.717, 1.165) is 5.69 Å². The molecule has 0 saturated carbocycles. The van der Waals surface area contributed by atoms with Gasteiger partial charge in [0.05, 0.1) is 5.84 Å². The lowest BCUT2D eigenvalue weighted by molar-refractivity contribution is 1.34. The molecule has 0 aliphatic carbocycles. The van der Waals surface area contributed by atoms with Crippen molar-refractivity contribution in [3.8, 4) is 0 Å². The first kappa shape index (κ1) is 12.2. The van der Waals surface area contributed by atoms with Gasteiger partial charge in [-0.25, -0.2) is 4.99 Å². The van der Waals surface area contributed by atoms with Crippen molar-refractivity contribution in [2.45, 2.75) is 20.8 Å². The molecule has 1 rings (SSSR count). The number of guanidine groups is 1. The Morgan fingerprint density at radius 2 is 1.75 bits per heavy atom. The van der Waals surface area contributed by atoms with Crippen LogP contribution in [0.5, 0.6) is 0 Å². The average molecular weight is 218 g/mol. The number of nitrogens with zero attached hydrogens (tertiary/aromatic N) is 2. The fourth-order valence-electron chi connectivity index (χ4n) is 1.48. The summed E-state index contributed by atoms with van der Waals surface area (Å²) in [5, 5.41) is 3.12. The van der Waals surface area contributed by atoms with E-state index in [1.807, 2.05) is 12.1 Å². The predicted octanol–water partition coefficient (Wildman–Crippen LogP) is 2.08. The second-order valence-corrected chi connectivity index (χ2v) is 3.80. The minimum Gasteiger partial charge on any atom is -0.387 e. The van der Waals surface area contributed by atoms with Crippen LogP contribution >= 0.6 is 0 Å². The van der Waals surface area contributed by atoms with Gasteiger partial charge in [-0.3, -0.25) is 4.99 Å². The Balaban J connectivity index is 2.91. The van der Waals surface area contributed by atoms with Gasteiger partial charge < -0.3 is 11.1 Å². The first-order valence-corrected chi connectivity index (χ1v) is 5.14. The van der Waals surface area contributed by atoms with Crippen molar-refractivity contribution >= 4 is 17.5 Å². The second-order valence-electron chi connectivity index (χ2n) is 3.80. The second kappa shape index (κ2) is 5.30. The Bertz CT molecular complexity index is 408. The molecular weight excluding hydrogens is 200 g/mol. The number of benzene rings is 1. The molecule has 4 nitrogen and oxygen atoms in total. The fraction of sp³-hybridized carbons (Fsp3) is 0.333. The van der Waals surface area contributed by atoms with Gasteiger partial charge in [-0.05, 0) is 44.0 Å². The summed E-state index contributed by atoms with van der Waals surface area (Å²) in [4.78, 5) is 8.10. The zero-order chi connectivity index (χ0) is 12.1. The molecule has 0 saturated heterocycles. The highest BCUT2D eigenvalue weighted by atomic mass is 15.1. The van der Waals surface area contributed by atoms with Gasteiger partial charge in [-0.1, -0.05) is 6.07 Å². The van der Waals surface area contributed by atoms with Crippen molar-refractivity contribution < 1.29 is 0 Å². The van der Waals surface area contributed by atoms with Gasteiger partial charge in [0.2, 0.25) is 5.96 Å². The number of aryl methyl sites for hydroxylation is 2. The molecular formula is C12H18N4. The van der Waals surface area contributed by atoms with Crippen LogP contribution in [0.3, 0.4) is 0 Å². The summed E-state index contributed by atoms with van der Waals surface area (Å²) in [6.45, 7) is 5.84. The summed E-state index contributed by atoms with van der Waals surface area (Å²) in [5.41, 5.74) is 8.89. The molecule has 16 heavy (non-hydrogen) atoms. The van der Waals surface area contributed by atoms with Gasteiger partial charge in [0.1, 0.15) is 0 Å². The Hall–Kier alpha value is -1.84. The maximum absolute atomic E-state index is 5.51. The molecule has 86 valence electrons. The Kier molecular flexibility index (Phi) is 4.05. The Morgan fingerprint density at radius 3 is 2.19 bits per heavy atom. The molecule has 0 aliphatic rings. The summed E-state index contributed by atoms with van der Waals surface area (Å²) < 4.78 is 0. The third-order valence-electron chi connectivity index (χ3n) is 1.97. The Morgan fingerprint density at radius 1 is 1.19 bits per heavy atom. The lowest BCUT2D eigenvalue weighted by atomic mass is 10.1. The SMILES string of the molecule is C/N=C(\N=C(/C)N)Nc1cc(C)cc(C)c1. The zero-order valence-corrected chi connectivity index (χ0v) is 10.2. The van der Waals surface area contributed by atoms with E-state index in [1.165, 1.54) is 11.1 Å². The molecule has 4 heteroatoms. The first-order valence-electron chi connectivity index (χ1n) is 5.14. The zero-order valence-electron chi connectivity index (χ0n) is 10.2. The molecule has 0 heterocycles. The van der Waals surface area contributed by atoms with Crippen LogP contribution in [0.15, 0.2) is 28.2 Å². The number of nitrogens with two attached hydrogens (primary N) is 1. The summed E-state index contributed by atoms with van der Waals surface area (Å²) in [5.74, 6) is 1.00. The minimum absolute atomic E-state index is 0.484. The van der Waals surface area contributed by atoms with Crippen LogP contribution in [0.4, 0.5) is 5.69 Å². The maximum Gasteiger partial charge on any atom is 0.223 e. The largest absolute Gasteiger partial charge is 0.387 e. The molecule has 0 aromatic heterocycles. The number of aliphatic imine (C=N–C) groups is 2. The van der Waals surface area contributed by atoms with Crippen molar-refractivity contribution in [1.29, 1.82) is 0 Å². The van der Waals surface area contributed by atoms with Crippen molar-refractivity contribution in [1.82, 2.24) is 0 Å². The highest BCUT2D eigenvalue weighted by Crippen LogP contribution is 2.13.